The van der Waals surface area contributed by atoms with Crippen LogP contribution in [0.2, 0.25) is 0 Å². The zero-order valence-electron chi connectivity index (χ0n) is 17.7. The van der Waals surface area contributed by atoms with Gasteiger partial charge in [0.25, 0.3) is 0 Å². The molecule has 27 heavy (non-hydrogen) atoms. The number of rotatable bonds is 4. The van der Waals surface area contributed by atoms with Gasteiger partial charge in [-0.05, 0) is 98.7 Å². The number of hydrogen-bond acceptors (Lipinski definition) is 3. The highest BCUT2D eigenvalue weighted by molar-refractivity contribution is 5.26. The molecule has 4 N–H and O–H groups in total. The third-order valence-corrected chi connectivity index (χ3v) is 10.1. The number of allylic oxidation sites excluding steroid dienone is 1. The molecule has 0 saturated heterocycles. The quantitative estimate of drug-likeness (QED) is 0.637. The molecule has 0 radical (unpaired) electrons. The Bertz CT molecular complexity index is 603. The maximum Gasteiger partial charge on any atom is 0.0577 e. The first-order valence-corrected chi connectivity index (χ1v) is 11.5. The molecule has 4 aliphatic rings. The zero-order chi connectivity index (χ0) is 19.4. The van der Waals surface area contributed by atoms with Gasteiger partial charge >= 0.3 is 0 Å². The molecule has 0 spiro atoms. The van der Waals surface area contributed by atoms with E-state index in [-0.39, 0.29) is 23.7 Å². The predicted molar refractivity (Wildman–Crippen MR) is 110 cm³/mol. The smallest absolute Gasteiger partial charge is 0.0577 e. The highest BCUT2D eigenvalue weighted by atomic mass is 16.3. The number of hydrogen-bond donors (Lipinski definition) is 3. The average Bonchev–Trinajstić information content (AvgIpc) is 2.92. The maximum atomic E-state index is 10.2. The van der Waals surface area contributed by atoms with Crippen molar-refractivity contribution in [2.75, 3.05) is 6.61 Å². The van der Waals surface area contributed by atoms with Crippen LogP contribution in [0.4, 0.5) is 0 Å². The first kappa shape index (κ1) is 19.9. The van der Waals surface area contributed by atoms with Crippen molar-refractivity contribution in [3.8, 4) is 0 Å². The van der Waals surface area contributed by atoms with Crippen LogP contribution in [-0.4, -0.2) is 28.5 Å². The van der Waals surface area contributed by atoms with Gasteiger partial charge in [-0.15, -0.1) is 0 Å². The number of aliphatic hydroxyl groups is 2. The molecule has 8 atom stereocenters. The van der Waals surface area contributed by atoms with Crippen LogP contribution in [0.5, 0.6) is 0 Å². The summed E-state index contributed by atoms with van der Waals surface area (Å²) in [6.07, 6.45) is 13.5. The van der Waals surface area contributed by atoms with Gasteiger partial charge in [0.2, 0.25) is 0 Å². The Morgan fingerprint density at radius 1 is 1.15 bits per heavy atom. The summed E-state index contributed by atoms with van der Waals surface area (Å²) in [6.45, 7) is 7.61. The highest BCUT2D eigenvalue weighted by Gasteiger charge is 2.63. The van der Waals surface area contributed by atoms with Gasteiger partial charge in [-0.25, -0.2) is 0 Å². The van der Waals surface area contributed by atoms with Crippen LogP contribution in [0.25, 0.3) is 0 Å². The van der Waals surface area contributed by atoms with Crippen LogP contribution < -0.4 is 5.73 Å². The van der Waals surface area contributed by atoms with Crippen molar-refractivity contribution in [1.82, 2.24) is 0 Å². The van der Waals surface area contributed by atoms with Crippen molar-refractivity contribution in [1.29, 1.82) is 0 Å². The Kier molecular flexibility index (Phi) is 5.05. The van der Waals surface area contributed by atoms with E-state index in [0.29, 0.717) is 11.3 Å². The second-order valence-electron chi connectivity index (χ2n) is 11.0. The van der Waals surface area contributed by atoms with Gasteiger partial charge in [0.15, 0.2) is 0 Å². The van der Waals surface area contributed by atoms with E-state index in [1.165, 1.54) is 25.7 Å². The average molecular weight is 376 g/mol. The molecule has 0 bridgehead atoms. The monoisotopic (exact) mass is 375 g/mol. The second-order valence-corrected chi connectivity index (χ2v) is 11.0. The van der Waals surface area contributed by atoms with Gasteiger partial charge in [-0.2, -0.15) is 0 Å². The molecular weight excluding hydrogens is 334 g/mol. The highest BCUT2D eigenvalue weighted by Crippen LogP contribution is 2.67. The van der Waals surface area contributed by atoms with E-state index in [1.54, 1.807) is 5.57 Å². The molecule has 0 aromatic carbocycles. The molecule has 3 fully saturated rings. The summed E-state index contributed by atoms with van der Waals surface area (Å²) < 4.78 is 0. The zero-order valence-corrected chi connectivity index (χ0v) is 17.7. The van der Waals surface area contributed by atoms with E-state index in [0.717, 1.165) is 56.3 Å². The predicted octanol–water partition coefficient (Wildman–Crippen LogP) is 4.42. The molecule has 3 heteroatoms. The largest absolute Gasteiger partial charge is 0.396 e. The van der Waals surface area contributed by atoms with Crippen LogP contribution in [0.1, 0.15) is 85.0 Å². The minimum absolute atomic E-state index is 0.0779. The topological polar surface area (TPSA) is 66.5 Å². The Balaban J connectivity index is 1.60. The van der Waals surface area contributed by atoms with Crippen LogP contribution >= 0.6 is 0 Å². The summed E-state index contributed by atoms with van der Waals surface area (Å²) in [7, 11) is 0. The molecule has 0 amide bonds. The van der Waals surface area contributed by atoms with E-state index >= 15 is 0 Å². The summed E-state index contributed by atoms with van der Waals surface area (Å²) in [5.74, 6) is 2.76. The normalized spacial score (nSPS) is 50.4. The van der Waals surface area contributed by atoms with Crippen LogP contribution in [0.15, 0.2) is 11.6 Å². The fraction of sp³-hybridized carbons (Fsp3) is 0.917. The van der Waals surface area contributed by atoms with Crippen molar-refractivity contribution >= 4 is 0 Å². The van der Waals surface area contributed by atoms with Gasteiger partial charge in [0.05, 0.1) is 6.10 Å². The molecule has 0 aromatic rings. The molecule has 3 saturated carbocycles. The molecule has 0 heterocycles. The molecule has 0 aromatic heterocycles. The van der Waals surface area contributed by atoms with Crippen LogP contribution in [-0.2, 0) is 0 Å². The fourth-order valence-electron chi connectivity index (χ4n) is 8.22. The third kappa shape index (κ3) is 2.79. The van der Waals surface area contributed by atoms with Gasteiger partial charge < -0.3 is 15.9 Å². The number of fused-ring (bicyclic) bond motifs is 5. The first-order valence-electron chi connectivity index (χ1n) is 11.5. The summed E-state index contributed by atoms with van der Waals surface area (Å²) in [6, 6.07) is 0. The van der Waals surface area contributed by atoms with E-state index in [2.05, 4.69) is 26.8 Å². The fourth-order valence-corrected chi connectivity index (χ4v) is 8.22. The SMILES string of the molecule is C[C@H](CCCO)[C@@]1(N)CCC2C3CC=C4C[C@@H](O)CC[C@]4(C)C3CC[C@@]21C. The van der Waals surface area contributed by atoms with Crippen molar-refractivity contribution < 1.29 is 10.2 Å². The van der Waals surface area contributed by atoms with Crippen LogP contribution in [0, 0.1) is 34.5 Å². The lowest BCUT2D eigenvalue weighted by Crippen LogP contribution is -2.60. The van der Waals surface area contributed by atoms with Gasteiger partial charge in [0, 0.05) is 12.1 Å². The molecule has 154 valence electrons. The van der Waals surface area contributed by atoms with Gasteiger partial charge in [-0.1, -0.05) is 32.4 Å². The maximum absolute atomic E-state index is 10.2. The molecule has 4 rings (SSSR count). The van der Waals surface area contributed by atoms with E-state index in [1.807, 2.05) is 0 Å². The minimum Gasteiger partial charge on any atom is -0.396 e. The molecule has 0 aliphatic heterocycles. The Hall–Kier alpha value is -0.380. The number of nitrogens with two attached hydrogens (primary N) is 1. The van der Waals surface area contributed by atoms with Crippen molar-refractivity contribution in [3.63, 3.8) is 0 Å². The minimum atomic E-state index is -0.120. The Morgan fingerprint density at radius 2 is 1.89 bits per heavy atom. The van der Waals surface area contributed by atoms with Gasteiger partial charge in [-0.3, -0.25) is 0 Å². The Labute approximate surface area is 165 Å². The van der Waals surface area contributed by atoms with Gasteiger partial charge in [0.1, 0.15) is 0 Å². The summed E-state index contributed by atoms with van der Waals surface area (Å²) >= 11 is 0. The first-order chi connectivity index (χ1) is 12.8. The summed E-state index contributed by atoms with van der Waals surface area (Å²) in [5, 5.41) is 19.5. The number of aliphatic hydroxyl groups excluding tert-OH is 2. The second kappa shape index (κ2) is 6.85. The van der Waals surface area contributed by atoms with Crippen molar-refractivity contribution in [3.05, 3.63) is 11.6 Å². The lowest BCUT2D eigenvalue weighted by atomic mass is 9.46. The lowest BCUT2D eigenvalue weighted by molar-refractivity contribution is -0.0654. The summed E-state index contributed by atoms with van der Waals surface area (Å²) in [5.41, 5.74) is 9.23. The van der Waals surface area contributed by atoms with Crippen molar-refractivity contribution in [2.45, 2.75) is 96.6 Å². The lowest BCUT2D eigenvalue weighted by Gasteiger charge is -2.60. The molecule has 4 aliphatic carbocycles. The van der Waals surface area contributed by atoms with E-state index in [9.17, 15) is 10.2 Å². The standard InChI is InChI=1S/C24H41NO2/c1-16(5-4-14-26)24(25)13-10-21-19-7-6-17-15-18(27)8-11-22(17,2)20(19)9-12-23(21,24)3/h6,16,18-21,26-27H,4-5,7-15,25H2,1-3H3/t16-,18+,19?,20?,21?,22+,23+,24+/m1/s1. The summed E-state index contributed by atoms with van der Waals surface area (Å²) in [4.78, 5) is 0. The molecule has 3 unspecified atom stereocenters. The molecule has 3 nitrogen and oxygen atoms in total. The van der Waals surface area contributed by atoms with E-state index in [4.69, 9.17) is 5.73 Å². The Morgan fingerprint density at radius 3 is 2.63 bits per heavy atom. The van der Waals surface area contributed by atoms with Crippen LogP contribution in [0.3, 0.4) is 0 Å². The molecular formula is C24H41NO2. The van der Waals surface area contributed by atoms with E-state index < -0.39 is 0 Å². The third-order valence-electron chi connectivity index (χ3n) is 10.1. The van der Waals surface area contributed by atoms with Crippen molar-refractivity contribution in [2.24, 2.45) is 40.2 Å².